The molecule has 0 aliphatic carbocycles. The fraction of sp³-hybridized carbons (Fsp3) is 0.0909. The lowest BCUT2D eigenvalue weighted by molar-refractivity contribution is 0.417. The van der Waals surface area contributed by atoms with Crippen molar-refractivity contribution < 1.29 is 4.28 Å². The van der Waals surface area contributed by atoms with E-state index in [1.807, 2.05) is 12.3 Å². The molecule has 0 spiro atoms. The summed E-state index contributed by atoms with van der Waals surface area (Å²) < 4.78 is 5.28. The van der Waals surface area contributed by atoms with Gasteiger partial charge in [0.25, 0.3) is 0 Å². The minimum atomic E-state index is -0.192. The molecule has 2 aliphatic rings. The van der Waals surface area contributed by atoms with Gasteiger partial charge >= 0.3 is 0 Å². The maximum absolute atomic E-state index is 5.28. The maximum atomic E-state index is 5.28. The van der Waals surface area contributed by atoms with Crippen LogP contribution < -0.4 is 0 Å². The number of rotatable bonds is 1. The summed E-state index contributed by atoms with van der Waals surface area (Å²) in [5.41, 5.74) is 2.57. The number of hydrogen-bond donors (Lipinski definition) is 0. The summed E-state index contributed by atoms with van der Waals surface area (Å²) in [7, 11) is 1.57. The first kappa shape index (κ1) is 9.24. The Hall–Kier alpha value is -1.00. The molecule has 0 radical (unpaired) electrons. The van der Waals surface area contributed by atoms with Crippen molar-refractivity contribution in [2.75, 3.05) is 0 Å². The molecule has 1 aromatic carbocycles. The van der Waals surface area contributed by atoms with Gasteiger partial charge in [-0.05, 0) is 28.9 Å². The molecule has 0 N–H and O–H groups in total. The van der Waals surface area contributed by atoms with E-state index in [0.29, 0.717) is 0 Å². The Morgan fingerprint density at radius 2 is 2.07 bits per heavy atom. The Bertz CT molecular complexity index is 503. The van der Waals surface area contributed by atoms with Gasteiger partial charge in [0.05, 0.1) is 20.9 Å². The zero-order valence-corrected chi connectivity index (χ0v) is 9.77. The summed E-state index contributed by atoms with van der Waals surface area (Å²) in [6.45, 7) is 2.14. The van der Waals surface area contributed by atoms with Crippen molar-refractivity contribution in [3.05, 3.63) is 41.5 Å². The largest absolute Gasteiger partial charge is 0.319 e. The summed E-state index contributed by atoms with van der Waals surface area (Å²) >= 11 is 0. The van der Waals surface area contributed by atoms with Gasteiger partial charge in [-0.3, -0.25) is 0 Å². The average molecular weight is 235 g/mol. The van der Waals surface area contributed by atoms with Crippen LogP contribution in [0.5, 0.6) is 0 Å². The smallest absolute Gasteiger partial charge is 0.0983 e. The summed E-state index contributed by atoms with van der Waals surface area (Å²) in [4.78, 5) is 2.55. The molecule has 0 saturated carbocycles. The highest BCUT2D eigenvalue weighted by Crippen LogP contribution is 2.53. The minimum absolute atomic E-state index is 0.192. The number of benzene rings is 1. The van der Waals surface area contributed by atoms with Gasteiger partial charge in [-0.25, -0.2) is 0 Å². The van der Waals surface area contributed by atoms with E-state index in [1.165, 1.54) is 20.9 Å². The van der Waals surface area contributed by atoms with Crippen molar-refractivity contribution in [3.8, 4) is 0 Å². The number of allylic oxidation sites excluding steroid dienone is 1. The van der Waals surface area contributed by atoms with Gasteiger partial charge in [-0.15, -0.1) is 0 Å². The summed E-state index contributed by atoms with van der Waals surface area (Å²) in [6.07, 6.45) is 1.83. The lowest BCUT2D eigenvalue weighted by atomic mass is 10.1. The van der Waals surface area contributed by atoms with Crippen LogP contribution in [-0.4, -0.2) is 11.1 Å². The van der Waals surface area contributed by atoms with Gasteiger partial charge in [-0.1, -0.05) is 35.5 Å². The molecule has 0 aromatic heterocycles. The van der Waals surface area contributed by atoms with Gasteiger partial charge in [0.2, 0.25) is 0 Å². The molecule has 15 heavy (non-hydrogen) atoms. The van der Waals surface area contributed by atoms with Crippen LogP contribution in [0.1, 0.15) is 12.5 Å². The highest BCUT2D eigenvalue weighted by molar-refractivity contribution is 8.86. The molecule has 2 aliphatic heterocycles. The van der Waals surface area contributed by atoms with Crippen LogP contribution in [0.15, 0.2) is 41.1 Å². The Morgan fingerprint density at radius 3 is 2.80 bits per heavy atom. The van der Waals surface area contributed by atoms with E-state index in [-0.39, 0.29) is 9.80 Å². The van der Waals surface area contributed by atoms with E-state index in [0.717, 1.165) is 0 Å². The van der Waals surface area contributed by atoms with Crippen molar-refractivity contribution in [2.24, 2.45) is 5.16 Å². The standard InChI is InChI=1S/C11H9NOS2/c1-8-10-7-12-13-15(10)14-11(8)9-5-3-2-4-6-9/h2-7H,1H3. The van der Waals surface area contributed by atoms with E-state index in [4.69, 9.17) is 4.28 Å². The van der Waals surface area contributed by atoms with Crippen molar-refractivity contribution in [1.29, 1.82) is 0 Å². The predicted octanol–water partition coefficient (Wildman–Crippen LogP) is 3.45. The van der Waals surface area contributed by atoms with Crippen molar-refractivity contribution in [2.45, 2.75) is 6.92 Å². The van der Waals surface area contributed by atoms with Gasteiger partial charge in [0.15, 0.2) is 0 Å². The fourth-order valence-corrected chi connectivity index (χ4v) is 5.15. The first-order valence-corrected chi connectivity index (χ1v) is 7.11. The molecule has 0 saturated heterocycles. The van der Waals surface area contributed by atoms with Gasteiger partial charge in [0.1, 0.15) is 0 Å². The van der Waals surface area contributed by atoms with E-state index in [1.54, 1.807) is 10.8 Å². The van der Waals surface area contributed by atoms with E-state index >= 15 is 0 Å². The molecule has 4 heteroatoms. The third kappa shape index (κ3) is 1.44. The van der Waals surface area contributed by atoms with Crippen LogP contribution in [0.3, 0.4) is 0 Å². The van der Waals surface area contributed by atoms with Crippen LogP contribution in [0, 0.1) is 0 Å². The highest BCUT2D eigenvalue weighted by Gasteiger charge is 2.26. The molecule has 1 atom stereocenters. The average Bonchev–Trinajstić information content (AvgIpc) is 2.83. The fourth-order valence-electron chi connectivity index (χ4n) is 1.58. The Balaban J connectivity index is 2.05. The van der Waals surface area contributed by atoms with E-state index in [9.17, 15) is 0 Å². The summed E-state index contributed by atoms with van der Waals surface area (Å²) in [5.74, 6) is 0. The minimum Gasteiger partial charge on any atom is -0.319 e. The topological polar surface area (TPSA) is 21.6 Å². The first-order chi connectivity index (χ1) is 7.36. The van der Waals surface area contributed by atoms with Crippen molar-refractivity contribution in [3.63, 3.8) is 0 Å². The summed E-state index contributed by atoms with van der Waals surface area (Å²) in [5, 5.41) is 3.84. The number of oxime groups is 1. The van der Waals surface area contributed by atoms with Crippen LogP contribution in [0.25, 0.3) is 4.91 Å². The lowest BCUT2D eigenvalue weighted by Gasteiger charge is -2.04. The quantitative estimate of drug-likeness (QED) is 0.549. The third-order valence-electron chi connectivity index (χ3n) is 2.37. The number of hydrogen-bond acceptors (Lipinski definition) is 3. The molecular formula is C11H9NOS2. The first-order valence-electron chi connectivity index (χ1n) is 4.63. The van der Waals surface area contributed by atoms with Crippen LogP contribution in [0.2, 0.25) is 0 Å². The molecule has 1 aromatic rings. The Kier molecular flexibility index (Phi) is 2.18. The van der Waals surface area contributed by atoms with Crippen LogP contribution in [0.4, 0.5) is 0 Å². The lowest BCUT2D eigenvalue weighted by Crippen LogP contribution is -1.95. The Morgan fingerprint density at radius 1 is 1.27 bits per heavy atom. The van der Waals surface area contributed by atoms with Crippen LogP contribution in [-0.2, 0) is 4.28 Å². The Labute approximate surface area is 94.5 Å². The maximum Gasteiger partial charge on any atom is 0.0983 e. The van der Waals surface area contributed by atoms with Crippen molar-refractivity contribution >= 4 is 36.6 Å². The van der Waals surface area contributed by atoms with Crippen LogP contribution >= 0.6 is 20.6 Å². The second kappa shape index (κ2) is 3.54. The zero-order valence-electron chi connectivity index (χ0n) is 8.14. The normalized spacial score (nSPS) is 23.3. The third-order valence-corrected chi connectivity index (χ3v) is 5.89. The molecular weight excluding hydrogens is 226 g/mol. The zero-order chi connectivity index (χ0) is 10.3. The molecule has 76 valence electrons. The van der Waals surface area contributed by atoms with Crippen molar-refractivity contribution in [1.82, 2.24) is 0 Å². The highest BCUT2D eigenvalue weighted by atomic mass is 33.1. The number of nitrogens with zero attached hydrogens (tertiary/aromatic N) is 1. The second-order valence-corrected chi connectivity index (χ2v) is 6.35. The monoisotopic (exact) mass is 235 g/mol. The SMILES string of the molecule is CC1=C(c2ccccc2)SS2=C1C=NO2. The van der Waals surface area contributed by atoms with Gasteiger partial charge in [0, 0.05) is 4.91 Å². The molecule has 2 nitrogen and oxygen atoms in total. The molecule has 0 fully saturated rings. The molecule has 0 amide bonds. The molecule has 1 unspecified atom stereocenters. The summed E-state index contributed by atoms with van der Waals surface area (Å²) in [6, 6.07) is 10.4. The van der Waals surface area contributed by atoms with E-state index < -0.39 is 0 Å². The molecule has 0 bridgehead atoms. The molecule has 2 heterocycles. The second-order valence-electron chi connectivity index (χ2n) is 3.31. The van der Waals surface area contributed by atoms with Gasteiger partial charge in [-0.2, -0.15) is 0 Å². The van der Waals surface area contributed by atoms with E-state index in [2.05, 4.69) is 36.3 Å². The predicted molar refractivity (Wildman–Crippen MR) is 68.8 cm³/mol. The van der Waals surface area contributed by atoms with Gasteiger partial charge < -0.3 is 4.28 Å². The molecule has 3 rings (SSSR count).